The summed E-state index contributed by atoms with van der Waals surface area (Å²) in [7, 11) is 0. The Labute approximate surface area is 145 Å². The lowest BCUT2D eigenvalue weighted by Crippen LogP contribution is -2.49. The van der Waals surface area contributed by atoms with E-state index in [9.17, 15) is 4.79 Å². The second kappa shape index (κ2) is 6.51. The molecule has 3 aromatic rings. The van der Waals surface area contributed by atoms with Crippen LogP contribution in [0.4, 0.5) is 5.95 Å². The first kappa shape index (κ1) is 15.6. The molecule has 0 spiro atoms. The number of piperazine rings is 1. The second-order valence-corrected chi connectivity index (χ2v) is 6.04. The van der Waals surface area contributed by atoms with Crippen LogP contribution in [0.2, 0.25) is 0 Å². The molecule has 3 heterocycles. The Hall–Kier alpha value is -2.96. The van der Waals surface area contributed by atoms with Gasteiger partial charge < -0.3 is 14.4 Å². The number of hydrogen-bond acceptors (Lipinski definition) is 5. The highest BCUT2D eigenvalue weighted by molar-refractivity contribution is 5.94. The maximum absolute atomic E-state index is 12.7. The molecule has 1 fully saturated rings. The number of imidazole rings is 1. The minimum atomic E-state index is -0.0586. The maximum Gasteiger partial charge on any atom is 0.274 e. The van der Waals surface area contributed by atoms with Gasteiger partial charge in [-0.25, -0.2) is 9.97 Å². The minimum Gasteiger partial charge on any atom is -0.339 e. The molecule has 7 heteroatoms. The van der Waals surface area contributed by atoms with Gasteiger partial charge >= 0.3 is 0 Å². The molecule has 1 amide bonds. The van der Waals surface area contributed by atoms with Gasteiger partial charge in [0.05, 0.1) is 17.2 Å². The van der Waals surface area contributed by atoms with Crippen molar-refractivity contribution >= 4 is 22.9 Å². The Balaban J connectivity index is 1.47. The van der Waals surface area contributed by atoms with E-state index in [0.717, 1.165) is 36.6 Å². The van der Waals surface area contributed by atoms with Crippen LogP contribution in [0.25, 0.3) is 11.0 Å². The highest BCUT2D eigenvalue weighted by Crippen LogP contribution is 2.16. The van der Waals surface area contributed by atoms with Gasteiger partial charge in [0.1, 0.15) is 5.69 Å². The largest absolute Gasteiger partial charge is 0.339 e. The molecule has 0 radical (unpaired) electrons. The summed E-state index contributed by atoms with van der Waals surface area (Å²) in [5.41, 5.74) is 1.95. The van der Waals surface area contributed by atoms with Crippen molar-refractivity contribution in [3.63, 3.8) is 0 Å². The van der Waals surface area contributed by atoms with Crippen LogP contribution in [0.15, 0.2) is 42.9 Å². The summed E-state index contributed by atoms with van der Waals surface area (Å²) in [6.45, 7) is 5.84. The number of aryl methyl sites for hydroxylation is 1. The molecular formula is C18H20N6O. The number of benzene rings is 1. The van der Waals surface area contributed by atoms with Crippen LogP contribution in [0, 0.1) is 0 Å². The molecule has 7 nitrogen and oxygen atoms in total. The topological polar surface area (TPSA) is 67.2 Å². The SMILES string of the molecule is CCn1ccnc1N1CCN(C(=O)c2cnc3ccccc3n2)CC1. The first-order chi connectivity index (χ1) is 12.3. The number of carbonyl (C=O) groups excluding carboxylic acids is 1. The molecule has 0 atom stereocenters. The molecule has 1 aliphatic rings. The standard InChI is InChI=1S/C18H20N6O/c1-2-22-8-7-19-18(22)24-11-9-23(10-12-24)17(25)16-13-20-14-5-3-4-6-15(14)21-16/h3-8,13H,2,9-12H2,1H3. The zero-order valence-corrected chi connectivity index (χ0v) is 14.2. The fraction of sp³-hybridized carbons (Fsp3) is 0.333. The lowest BCUT2D eigenvalue weighted by Gasteiger charge is -2.35. The van der Waals surface area contributed by atoms with Crippen LogP contribution in [-0.2, 0) is 6.54 Å². The lowest BCUT2D eigenvalue weighted by atomic mass is 10.2. The molecule has 0 bridgehead atoms. The van der Waals surface area contributed by atoms with Crippen LogP contribution in [0.1, 0.15) is 17.4 Å². The van der Waals surface area contributed by atoms with Crippen molar-refractivity contribution in [3.8, 4) is 0 Å². The molecule has 0 N–H and O–H groups in total. The smallest absolute Gasteiger partial charge is 0.274 e. The fourth-order valence-electron chi connectivity index (χ4n) is 3.16. The monoisotopic (exact) mass is 336 g/mol. The average Bonchev–Trinajstić information content (AvgIpc) is 3.16. The van der Waals surface area contributed by atoms with Crippen molar-refractivity contribution in [2.75, 3.05) is 31.1 Å². The Morgan fingerprint density at radius 2 is 1.84 bits per heavy atom. The summed E-state index contributed by atoms with van der Waals surface area (Å²) in [6.07, 6.45) is 5.37. The zero-order chi connectivity index (χ0) is 17.2. The van der Waals surface area contributed by atoms with Crippen molar-refractivity contribution in [1.82, 2.24) is 24.4 Å². The average molecular weight is 336 g/mol. The minimum absolute atomic E-state index is 0.0586. The first-order valence-electron chi connectivity index (χ1n) is 8.53. The number of hydrogen-bond donors (Lipinski definition) is 0. The number of rotatable bonds is 3. The third-order valence-corrected chi connectivity index (χ3v) is 4.55. The summed E-state index contributed by atoms with van der Waals surface area (Å²) in [5, 5.41) is 0. The Kier molecular flexibility index (Phi) is 4.05. The van der Waals surface area contributed by atoms with E-state index in [4.69, 9.17) is 0 Å². The van der Waals surface area contributed by atoms with E-state index in [0.29, 0.717) is 18.8 Å². The summed E-state index contributed by atoms with van der Waals surface area (Å²) in [5.74, 6) is 0.914. The lowest BCUT2D eigenvalue weighted by molar-refractivity contribution is 0.0740. The molecule has 1 aliphatic heterocycles. The van der Waals surface area contributed by atoms with Crippen molar-refractivity contribution in [3.05, 3.63) is 48.5 Å². The molecule has 25 heavy (non-hydrogen) atoms. The molecule has 1 aromatic carbocycles. The number of nitrogens with zero attached hydrogens (tertiary/aromatic N) is 6. The molecule has 1 saturated heterocycles. The van der Waals surface area contributed by atoms with Crippen LogP contribution < -0.4 is 4.90 Å². The Morgan fingerprint density at radius 1 is 1.08 bits per heavy atom. The molecule has 0 unspecified atom stereocenters. The first-order valence-corrected chi connectivity index (χ1v) is 8.53. The van der Waals surface area contributed by atoms with Crippen LogP contribution >= 0.6 is 0 Å². The van der Waals surface area contributed by atoms with Gasteiger partial charge in [-0.15, -0.1) is 0 Å². The fourth-order valence-corrected chi connectivity index (χ4v) is 3.16. The molecule has 0 saturated carbocycles. The Bertz CT molecular complexity index is 897. The normalized spacial score (nSPS) is 14.9. The highest BCUT2D eigenvalue weighted by Gasteiger charge is 2.25. The zero-order valence-electron chi connectivity index (χ0n) is 14.2. The van der Waals surface area contributed by atoms with E-state index < -0.39 is 0 Å². The predicted octanol–water partition coefficient (Wildman–Crippen LogP) is 1.81. The van der Waals surface area contributed by atoms with Crippen LogP contribution in [-0.4, -0.2) is 56.5 Å². The van der Waals surface area contributed by atoms with E-state index in [1.54, 1.807) is 6.20 Å². The summed E-state index contributed by atoms with van der Waals surface area (Å²) < 4.78 is 2.12. The van der Waals surface area contributed by atoms with Gasteiger partial charge in [0.2, 0.25) is 5.95 Å². The van der Waals surface area contributed by atoms with Gasteiger partial charge in [-0.05, 0) is 19.1 Å². The third-order valence-electron chi connectivity index (χ3n) is 4.55. The van der Waals surface area contributed by atoms with Gasteiger partial charge in [0, 0.05) is 45.1 Å². The van der Waals surface area contributed by atoms with Crippen molar-refractivity contribution in [1.29, 1.82) is 0 Å². The van der Waals surface area contributed by atoms with Gasteiger partial charge in [-0.2, -0.15) is 0 Å². The number of para-hydroxylation sites is 2. The number of amides is 1. The van der Waals surface area contributed by atoms with Crippen LogP contribution in [0.5, 0.6) is 0 Å². The van der Waals surface area contributed by atoms with Crippen molar-refractivity contribution in [2.24, 2.45) is 0 Å². The van der Waals surface area contributed by atoms with Gasteiger partial charge in [0.15, 0.2) is 0 Å². The van der Waals surface area contributed by atoms with E-state index in [2.05, 4.69) is 31.3 Å². The van der Waals surface area contributed by atoms with Gasteiger partial charge in [0.25, 0.3) is 5.91 Å². The summed E-state index contributed by atoms with van der Waals surface area (Å²) in [4.78, 5) is 30.0. The van der Waals surface area contributed by atoms with Gasteiger partial charge in [-0.3, -0.25) is 9.78 Å². The van der Waals surface area contributed by atoms with Crippen molar-refractivity contribution < 1.29 is 4.79 Å². The predicted molar refractivity (Wildman–Crippen MR) is 95.6 cm³/mol. The highest BCUT2D eigenvalue weighted by atomic mass is 16.2. The summed E-state index contributed by atoms with van der Waals surface area (Å²) in [6, 6.07) is 7.59. The molecule has 128 valence electrons. The van der Waals surface area contributed by atoms with E-state index in [1.807, 2.05) is 41.6 Å². The van der Waals surface area contributed by atoms with E-state index >= 15 is 0 Å². The third kappa shape index (κ3) is 2.93. The second-order valence-electron chi connectivity index (χ2n) is 6.04. The van der Waals surface area contributed by atoms with Gasteiger partial charge in [-0.1, -0.05) is 12.1 Å². The molecule has 2 aromatic heterocycles. The van der Waals surface area contributed by atoms with E-state index in [-0.39, 0.29) is 5.91 Å². The van der Waals surface area contributed by atoms with Crippen molar-refractivity contribution in [2.45, 2.75) is 13.5 Å². The molecule has 4 rings (SSSR count). The molecule has 0 aliphatic carbocycles. The number of aromatic nitrogens is 4. The maximum atomic E-state index is 12.7. The van der Waals surface area contributed by atoms with Crippen LogP contribution in [0.3, 0.4) is 0 Å². The number of fused-ring (bicyclic) bond motifs is 1. The quantitative estimate of drug-likeness (QED) is 0.730. The Morgan fingerprint density at radius 3 is 2.60 bits per heavy atom. The molecular weight excluding hydrogens is 316 g/mol. The van der Waals surface area contributed by atoms with E-state index in [1.165, 1.54) is 0 Å². The number of anilines is 1. The number of carbonyl (C=O) groups is 1. The summed E-state index contributed by atoms with van der Waals surface area (Å²) >= 11 is 0.